The number of methoxy groups -OCH3 is 1. The van der Waals surface area contributed by atoms with Crippen LogP contribution in [0.3, 0.4) is 0 Å². The Bertz CT molecular complexity index is 507. The Morgan fingerprint density at radius 3 is 2.10 bits per heavy atom. The van der Waals surface area contributed by atoms with Gasteiger partial charge in [-0.25, -0.2) is 0 Å². The fourth-order valence-corrected chi connectivity index (χ4v) is 2.47. The summed E-state index contributed by atoms with van der Waals surface area (Å²) >= 11 is 0. The fourth-order valence-electron chi connectivity index (χ4n) is 2.47. The highest BCUT2D eigenvalue weighted by Crippen LogP contribution is 2.24. The van der Waals surface area contributed by atoms with Gasteiger partial charge in [0, 0.05) is 7.11 Å². The Balaban J connectivity index is 2.15. The zero-order valence-corrected chi connectivity index (χ0v) is 12.3. The van der Waals surface area contributed by atoms with Crippen LogP contribution in [0.5, 0.6) is 0 Å². The van der Waals surface area contributed by atoms with Gasteiger partial charge in [-0.15, -0.1) is 0 Å². The van der Waals surface area contributed by atoms with E-state index in [1.807, 2.05) is 6.07 Å². The third-order valence-electron chi connectivity index (χ3n) is 3.68. The second-order valence-corrected chi connectivity index (χ2v) is 5.08. The minimum atomic E-state index is -0.0650. The Labute approximate surface area is 121 Å². The van der Waals surface area contributed by atoms with Crippen molar-refractivity contribution in [2.24, 2.45) is 5.73 Å². The highest BCUT2D eigenvalue weighted by Gasteiger charge is 2.18. The van der Waals surface area contributed by atoms with Crippen LogP contribution >= 0.6 is 0 Å². The topological polar surface area (TPSA) is 35.2 Å². The van der Waals surface area contributed by atoms with Gasteiger partial charge in [0.1, 0.15) is 0 Å². The van der Waals surface area contributed by atoms with E-state index in [2.05, 4.69) is 55.5 Å². The summed E-state index contributed by atoms with van der Waals surface area (Å²) in [4.78, 5) is 0. The van der Waals surface area contributed by atoms with E-state index in [-0.39, 0.29) is 12.1 Å². The van der Waals surface area contributed by atoms with Gasteiger partial charge in [0.05, 0.1) is 12.1 Å². The minimum absolute atomic E-state index is 0.0650. The van der Waals surface area contributed by atoms with E-state index in [9.17, 15) is 0 Å². The molecule has 0 aliphatic carbocycles. The quantitative estimate of drug-likeness (QED) is 0.854. The van der Waals surface area contributed by atoms with Gasteiger partial charge in [-0.1, -0.05) is 67.9 Å². The van der Waals surface area contributed by atoms with Gasteiger partial charge in [-0.2, -0.15) is 0 Å². The monoisotopic (exact) mass is 269 g/mol. The second-order valence-electron chi connectivity index (χ2n) is 5.08. The number of nitrogens with two attached hydrogens (primary N) is 1. The van der Waals surface area contributed by atoms with E-state index in [4.69, 9.17) is 10.5 Å². The molecular formula is C18H23NO. The molecule has 20 heavy (non-hydrogen) atoms. The SMILES string of the molecule is CCCC(OC)C(N)c1ccc(-c2ccccc2)cc1. The smallest absolute Gasteiger partial charge is 0.0763 e. The standard InChI is InChI=1S/C18H23NO/c1-3-7-17(20-2)18(19)16-12-10-15(11-13-16)14-8-5-4-6-9-14/h4-6,8-13,17-18H,3,7,19H2,1-2H3. The number of hydrogen-bond acceptors (Lipinski definition) is 2. The summed E-state index contributed by atoms with van der Waals surface area (Å²) in [5.41, 5.74) is 9.87. The molecule has 106 valence electrons. The summed E-state index contributed by atoms with van der Waals surface area (Å²) in [5, 5.41) is 0. The first kappa shape index (κ1) is 14.8. The zero-order chi connectivity index (χ0) is 14.4. The Kier molecular flexibility index (Phi) is 5.33. The third-order valence-corrected chi connectivity index (χ3v) is 3.68. The van der Waals surface area contributed by atoms with Crippen LogP contribution in [-0.4, -0.2) is 13.2 Å². The van der Waals surface area contributed by atoms with Crippen molar-refractivity contribution in [1.82, 2.24) is 0 Å². The lowest BCUT2D eigenvalue weighted by Gasteiger charge is -2.22. The minimum Gasteiger partial charge on any atom is -0.379 e. The van der Waals surface area contributed by atoms with Crippen molar-refractivity contribution in [2.75, 3.05) is 7.11 Å². The molecule has 0 radical (unpaired) electrons. The van der Waals surface area contributed by atoms with Gasteiger partial charge in [0.15, 0.2) is 0 Å². The highest BCUT2D eigenvalue weighted by atomic mass is 16.5. The van der Waals surface area contributed by atoms with Crippen molar-refractivity contribution >= 4 is 0 Å². The van der Waals surface area contributed by atoms with Crippen LogP contribution in [0.15, 0.2) is 54.6 Å². The first-order chi connectivity index (χ1) is 9.76. The predicted octanol–water partition coefficient (Wildman–Crippen LogP) is 4.17. The molecule has 2 aromatic carbocycles. The van der Waals surface area contributed by atoms with Gasteiger partial charge >= 0.3 is 0 Å². The van der Waals surface area contributed by atoms with Gasteiger partial charge in [0.25, 0.3) is 0 Å². The van der Waals surface area contributed by atoms with Crippen molar-refractivity contribution in [3.05, 3.63) is 60.2 Å². The molecule has 2 unspecified atom stereocenters. The van der Waals surface area contributed by atoms with E-state index in [0.717, 1.165) is 18.4 Å². The molecule has 0 amide bonds. The Morgan fingerprint density at radius 2 is 1.55 bits per heavy atom. The van der Waals surface area contributed by atoms with Crippen LogP contribution in [0.4, 0.5) is 0 Å². The normalized spacial score (nSPS) is 13.9. The molecule has 2 atom stereocenters. The summed E-state index contributed by atoms with van der Waals surface area (Å²) in [7, 11) is 1.73. The predicted molar refractivity (Wildman–Crippen MR) is 84.5 cm³/mol. The molecule has 2 heteroatoms. The molecule has 2 nitrogen and oxygen atoms in total. The van der Waals surface area contributed by atoms with Gasteiger partial charge in [-0.05, 0) is 23.1 Å². The number of ether oxygens (including phenoxy) is 1. The molecule has 2 rings (SSSR count). The molecule has 0 heterocycles. The molecule has 0 aromatic heterocycles. The maximum atomic E-state index is 6.30. The van der Waals surface area contributed by atoms with Crippen LogP contribution in [0.2, 0.25) is 0 Å². The summed E-state index contributed by atoms with van der Waals surface area (Å²) in [6.07, 6.45) is 2.15. The molecule has 0 spiro atoms. The van der Waals surface area contributed by atoms with Gasteiger partial charge in [0.2, 0.25) is 0 Å². The lowest BCUT2D eigenvalue weighted by molar-refractivity contribution is 0.0725. The lowest BCUT2D eigenvalue weighted by atomic mass is 9.96. The van der Waals surface area contributed by atoms with Crippen molar-refractivity contribution in [1.29, 1.82) is 0 Å². The van der Waals surface area contributed by atoms with Gasteiger partial charge in [-0.3, -0.25) is 0 Å². The molecule has 0 fully saturated rings. The van der Waals surface area contributed by atoms with E-state index >= 15 is 0 Å². The first-order valence-corrected chi connectivity index (χ1v) is 7.20. The van der Waals surface area contributed by atoms with E-state index in [1.165, 1.54) is 11.1 Å². The second kappa shape index (κ2) is 7.22. The molecule has 0 saturated carbocycles. The van der Waals surface area contributed by atoms with Crippen molar-refractivity contribution in [3.63, 3.8) is 0 Å². The molecular weight excluding hydrogens is 246 g/mol. The van der Waals surface area contributed by atoms with Crippen molar-refractivity contribution < 1.29 is 4.74 Å². The maximum absolute atomic E-state index is 6.30. The Hall–Kier alpha value is -1.64. The molecule has 0 aliphatic heterocycles. The number of benzene rings is 2. The largest absolute Gasteiger partial charge is 0.379 e. The van der Waals surface area contributed by atoms with Crippen LogP contribution in [0.25, 0.3) is 11.1 Å². The fraction of sp³-hybridized carbons (Fsp3) is 0.333. The summed E-state index contributed by atoms with van der Waals surface area (Å²) in [5.74, 6) is 0. The average Bonchev–Trinajstić information content (AvgIpc) is 2.53. The van der Waals surface area contributed by atoms with Gasteiger partial charge < -0.3 is 10.5 Å². The molecule has 2 N–H and O–H groups in total. The molecule has 0 saturated heterocycles. The van der Waals surface area contributed by atoms with Crippen LogP contribution in [0, 0.1) is 0 Å². The Morgan fingerprint density at radius 1 is 0.950 bits per heavy atom. The average molecular weight is 269 g/mol. The van der Waals surface area contributed by atoms with E-state index < -0.39 is 0 Å². The summed E-state index contributed by atoms with van der Waals surface area (Å²) in [6.45, 7) is 2.15. The van der Waals surface area contributed by atoms with E-state index in [0.29, 0.717) is 0 Å². The van der Waals surface area contributed by atoms with E-state index in [1.54, 1.807) is 7.11 Å². The summed E-state index contributed by atoms with van der Waals surface area (Å²) < 4.78 is 5.50. The zero-order valence-electron chi connectivity index (χ0n) is 12.3. The summed E-state index contributed by atoms with van der Waals surface area (Å²) in [6, 6.07) is 18.8. The molecule has 0 aliphatic rings. The molecule has 2 aromatic rings. The van der Waals surface area contributed by atoms with Crippen LogP contribution < -0.4 is 5.73 Å². The van der Waals surface area contributed by atoms with Crippen LogP contribution in [0.1, 0.15) is 31.4 Å². The first-order valence-electron chi connectivity index (χ1n) is 7.20. The number of rotatable bonds is 6. The maximum Gasteiger partial charge on any atom is 0.0763 e. The van der Waals surface area contributed by atoms with Crippen molar-refractivity contribution in [2.45, 2.75) is 31.9 Å². The van der Waals surface area contributed by atoms with Crippen LogP contribution in [-0.2, 0) is 4.74 Å². The van der Waals surface area contributed by atoms with Crippen molar-refractivity contribution in [3.8, 4) is 11.1 Å². The third kappa shape index (κ3) is 3.47. The number of hydrogen-bond donors (Lipinski definition) is 1. The lowest BCUT2D eigenvalue weighted by Crippen LogP contribution is -2.27. The highest BCUT2D eigenvalue weighted by molar-refractivity contribution is 5.63. The molecule has 0 bridgehead atoms.